The molecule has 3 heterocycles. The minimum absolute atomic E-state index is 0.0944. The maximum Gasteiger partial charge on any atom is 0.252 e. The molecular formula is C19H22N4O2. The second-order valence-corrected chi connectivity index (χ2v) is 6.57. The fourth-order valence-corrected chi connectivity index (χ4v) is 3.29. The fraction of sp³-hybridized carbons (Fsp3) is 0.368. The number of carbonyl (C=O) groups excluding carboxylic acids is 1. The number of aromatic nitrogens is 1. The summed E-state index contributed by atoms with van der Waals surface area (Å²) in [7, 11) is 2.12. The van der Waals surface area contributed by atoms with Crippen molar-refractivity contribution < 1.29 is 9.53 Å². The molecule has 0 aliphatic carbocycles. The Morgan fingerprint density at radius 1 is 1.20 bits per heavy atom. The van der Waals surface area contributed by atoms with E-state index >= 15 is 0 Å². The first-order valence-electron chi connectivity index (χ1n) is 8.63. The SMILES string of the molecule is CN1CCN(c2cc(C(=O)N[C@H]3COc4ccccc43)ccn2)CC1. The summed E-state index contributed by atoms with van der Waals surface area (Å²) in [6.45, 7) is 4.35. The van der Waals surface area contributed by atoms with Gasteiger partial charge < -0.3 is 19.9 Å². The van der Waals surface area contributed by atoms with Crippen LogP contribution in [-0.2, 0) is 0 Å². The Morgan fingerprint density at radius 2 is 2.00 bits per heavy atom. The van der Waals surface area contributed by atoms with Gasteiger partial charge in [-0.05, 0) is 25.2 Å². The lowest BCUT2D eigenvalue weighted by atomic mass is 10.1. The first-order valence-corrected chi connectivity index (χ1v) is 8.63. The number of nitrogens with zero attached hydrogens (tertiary/aromatic N) is 3. The molecule has 130 valence electrons. The highest BCUT2D eigenvalue weighted by Gasteiger charge is 2.26. The van der Waals surface area contributed by atoms with Crippen LogP contribution in [0.25, 0.3) is 0 Å². The predicted molar refractivity (Wildman–Crippen MR) is 96.1 cm³/mol. The molecule has 1 fully saturated rings. The first kappa shape index (κ1) is 15.9. The Morgan fingerprint density at radius 3 is 2.84 bits per heavy atom. The van der Waals surface area contributed by atoms with E-state index in [0.29, 0.717) is 12.2 Å². The molecule has 2 aliphatic rings. The molecule has 1 amide bonds. The molecule has 1 atom stereocenters. The first-order chi connectivity index (χ1) is 12.2. The third-order valence-corrected chi connectivity index (χ3v) is 4.84. The van der Waals surface area contributed by atoms with Gasteiger partial charge in [-0.1, -0.05) is 18.2 Å². The Bertz CT molecular complexity index is 772. The summed E-state index contributed by atoms with van der Waals surface area (Å²) in [5.74, 6) is 1.62. The van der Waals surface area contributed by atoms with Gasteiger partial charge in [0.25, 0.3) is 5.91 Å². The van der Waals surface area contributed by atoms with Crippen molar-refractivity contribution in [3.05, 3.63) is 53.7 Å². The van der Waals surface area contributed by atoms with E-state index in [1.54, 1.807) is 12.3 Å². The van der Waals surface area contributed by atoms with Crippen LogP contribution in [0.15, 0.2) is 42.6 Å². The Balaban J connectivity index is 1.47. The van der Waals surface area contributed by atoms with E-state index in [9.17, 15) is 4.79 Å². The van der Waals surface area contributed by atoms with Crippen molar-refractivity contribution in [3.63, 3.8) is 0 Å². The van der Waals surface area contributed by atoms with Gasteiger partial charge in [-0.15, -0.1) is 0 Å². The van der Waals surface area contributed by atoms with Crippen molar-refractivity contribution in [2.75, 3.05) is 44.7 Å². The summed E-state index contributed by atoms with van der Waals surface area (Å²) < 4.78 is 5.64. The highest BCUT2D eigenvalue weighted by atomic mass is 16.5. The molecule has 6 nitrogen and oxygen atoms in total. The smallest absolute Gasteiger partial charge is 0.252 e. The maximum atomic E-state index is 12.7. The van der Waals surface area contributed by atoms with Crippen molar-refractivity contribution in [2.45, 2.75) is 6.04 Å². The van der Waals surface area contributed by atoms with E-state index in [1.165, 1.54) is 0 Å². The minimum atomic E-state index is -0.107. The number of carbonyl (C=O) groups is 1. The fourth-order valence-electron chi connectivity index (χ4n) is 3.29. The summed E-state index contributed by atoms with van der Waals surface area (Å²) in [5, 5.41) is 3.07. The van der Waals surface area contributed by atoms with Gasteiger partial charge in [-0.2, -0.15) is 0 Å². The molecular weight excluding hydrogens is 316 g/mol. The zero-order valence-electron chi connectivity index (χ0n) is 14.3. The Kier molecular flexibility index (Phi) is 4.28. The predicted octanol–water partition coefficient (Wildman–Crippen LogP) is 1.70. The number of fused-ring (bicyclic) bond motifs is 1. The van der Waals surface area contributed by atoms with Gasteiger partial charge in [0.1, 0.15) is 18.2 Å². The molecule has 0 radical (unpaired) electrons. The van der Waals surface area contributed by atoms with Crippen LogP contribution in [0.2, 0.25) is 0 Å². The van der Waals surface area contributed by atoms with Gasteiger partial charge in [0.05, 0.1) is 6.04 Å². The number of hydrogen-bond donors (Lipinski definition) is 1. The zero-order chi connectivity index (χ0) is 17.2. The quantitative estimate of drug-likeness (QED) is 0.923. The molecule has 4 rings (SSSR count). The third-order valence-electron chi connectivity index (χ3n) is 4.84. The highest BCUT2D eigenvalue weighted by Crippen LogP contribution is 2.31. The molecule has 1 N–H and O–H groups in total. The molecule has 1 aromatic heterocycles. The van der Waals surface area contributed by atoms with Crippen LogP contribution in [0.4, 0.5) is 5.82 Å². The van der Waals surface area contributed by atoms with E-state index in [-0.39, 0.29) is 11.9 Å². The van der Waals surface area contributed by atoms with Crippen molar-refractivity contribution in [3.8, 4) is 5.75 Å². The number of likely N-dealkylation sites (N-methyl/N-ethyl adjacent to an activating group) is 1. The summed E-state index contributed by atoms with van der Waals surface area (Å²) >= 11 is 0. The van der Waals surface area contributed by atoms with Gasteiger partial charge in [0, 0.05) is 43.5 Å². The molecule has 6 heteroatoms. The lowest BCUT2D eigenvalue weighted by Gasteiger charge is -2.33. The molecule has 1 saturated heterocycles. The molecule has 2 aromatic rings. The minimum Gasteiger partial charge on any atom is -0.491 e. The number of benzene rings is 1. The van der Waals surface area contributed by atoms with Gasteiger partial charge in [0.2, 0.25) is 0 Å². The number of pyridine rings is 1. The molecule has 0 saturated carbocycles. The third kappa shape index (κ3) is 3.30. The van der Waals surface area contributed by atoms with E-state index in [1.807, 2.05) is 30.3 Å². The zero-order valence-corrected chi connectivity index (χ0v) is 14.3. The molecule has 2 aliphatic heterocycles. The molecule has 25 heavy (non-hydrogen) atoms. The van der Waals surface area contributed by atoms with Crippen LogP contribution in [0.3, 0.4) is 0 Å². The summed E-state index contributed by atoms with van der Waals surface area (Å²) in [4.78, 5) is 21.6. The summed E-state index contributed by atoms with van der Waals surface area (Å²) in [5.41, 5.74) is 1.66. The molecule has 0 unspecified atom stereocenters. The number of amides is 1. The number of piperazine rings is 1. The second kappa shape index (κ2) is 6.72. The number of nitrogens with one attached hydrogen (secondary N) is 1. The Labute approximate surface area is 147 Å². The molecule has 0 spiro atoms. The van der Waals surface area contributed by atoms with Gasteiger partial charge >= 0.3 is 0 Å². The van der Waals surface area contributed by atoms with Crippen LogP contribution in [0, 0.1) is 0 Å². The topological polar surface area (TPSA) is 57.7 Å². The lowest BCUT2D eigenvalue weighted by molar-refractivity contribution is 0.0930. The monoisotopic (exact) mass is 338 g/mol. The van der Waals surface area contributed by atoms with E-state index in [0.717, 1.165) is 43.3 Å². The average molecular weight is 338 g/mol. The summed E-state index contributed by atoms with van der Waals surface area (Å²) in [6.07, 6.45) is 1.71. The Hall–Kier alpha value is -2.60. The lowest BCUT2D eigenvalue weighted by Crippen LogP contribution is -2.44. The number of hydrogen-bond acceptors (Lipinski definition) is 5. The van der Waals surface area contributed by atoms with E-state index < -0.39 is 0 Å². The normalized spacial score (nSPS) is 20.0. The van der Waals surface area contributed by atoms with Gasteiger partial charge in [-0.3, -0.25) is 4.79 Å². The van der Waals surface area contributed by atoms with Crippen molar-refractivity contribution in [2.24, 2.45) is 0 Å². The highest BCUT2D eigenvalue weighted by molar-refractivity contribution is 5.95. The van der Waals surface area contributed by atoms with E-state index in [4.69, 9.17) is 4.74 Å². The standard InChI is InChI=1S/C19H22N4O2/c1-22-8-10-23(11-9-22)18-12-14(6-7-20-18)19(24)21-16-13-25-17-5-3-2-4-15(16)17/h2-7,12,16H,8-11,13H2,1H3,(H,21,24)/t16-/m0/s1. The average Bonchev–Trinajstić information content (AvgIpc) is 3.05. The van der Waals surface area contributed by atoms with Gasteiger partial charge in [-0.25, -0.2) is 4.98 Å². The molecule has 1 aromatic carbocycles. The number of rotatable bonds is 3. The maximum absolute atomic E-state index is 12.7. The van der Waals surface area contributed by atoms with Crippen LogP contribution >= 0.6 is 0 Å². The van der Waals surface area contributed by atoms with Crippen LogP contribution in [0.5, 0.6) is 5.75 Å². The number of para-hydroxylation sites is 1. The van der Waals surface area contributed by atoms with Crippen LogP contribution in [0.1, 0.15) is 22.0 Å². The summed E-state index contributed by atoms with van der Waals surface area (Å²) in [6, 6.07) is 11.4. The van der Waals surface area contributed by atoms with Crippen LogP contribution < -0.4 is 15.0 Å². The number of ether oxygens (including phenoxy) is 1. The van der Waals surface area contributed by atoms with Crippen molar-refractivity contribution >= 4 is 11.7 Å². The largest absolute Gasteiger partial charge is 0.491 e. The van der Waals surface area contributed by atoms with Crippen LogP contribution in [-0.4, -0.2) is 55.6 Å². The van der Waals surface area contributed by atoms with E-state index in [2.05, 4.69) is 27.1 Å². The number of anilines is 1. The second-order valence-electron chi connectivity index (χ2n) is 6.57. The molecule has 0 bridgehead atoms. The van der Waals surface area contributed by atoms with Gasteiger partial charge in [0.15, 0.2) is 0 Å². The van der Waals surface area contributed by atoms with Crippen molar-refractivity contribution in [1.82, 2.24) is 15.2 Å². The van der Waals surface area contributed by atoms with Crippen molar-refractivity contribution in [1.29, 1.82) is 0 Å².